The maximum Gasteiger partial charge on any atom is 0.276 e. The molecular weight excluding hydrogens is 316 g/mol. The number of aromatic nitrogens is 1. The lowest BCUT2D eigenvalue weighted by molar-refractivity contribution is 0.605. The molecular formula is C5H3ClINO3S. The molecule has 0 spiro atoms. The monoisotopic (exact) mass is 319 g/mol. The number of halogens is 2. The van der Waals surface area contributed by atoms with Gasteiger partial charge >= 0.3 is 0 Å². The lowest BCUT2D eigenvalue weighted by atomic mass is 10.5. The van der Waals surface area contributed by atoms with Gasteiger partial charge in [0, 0.05) is 20.3 Å². The second-order valence-electron chi connectivity index (χ2n) is 1.96. The minimum atomic E-state index is -3.84. The van der Waals surface area contributed by atoms with Crippen molar-refractivity contribution < 1.29 is 8.42 Å². The SMILES string of the molecule is O=c1cc(I)cc(S(=O)(=O)Cl)[nH]1. The van der Waals surface area contributed by atoms with Crippen LogP contribution in [0.15, 0.2) is 22.0 Å². The van der Waals surface area contributed by atoms with Crippen molar-refractivity contribution in [1.82, 2.24) is 4.98 Å². The fraction of sp³-hybridized carbons (Fsp3) is 0. The summed E-state index contributed by atoms with van der Waals surface area (Å²) in [6.07, 6.45) is 0. The maximum absolute atomic E-state index is 10.8. The van der Waals surface area contributed by atoms with E-state index in [0.717, 1.165) is 0 Å². The average molecular weight is 320 g/mol. The van der Waals surface area contributed by atoms with Crippen molar-refractivity contribution in [3.05, 3.63) is 26.1 Å². The van der Waals surface area contributed by atoms with Gasteiger partial charge in [0.1, 0.15) is 0 Å². The second-order valence-corrected chi connectivity index (χ2v) is 5.74. The summed E-state index contributed by atoms with van der Waals surface area (Å²) in [5, 5.41) is -0.277. The Bertz CT molecular complexity index is 452. The van der Waals surface area contributed by atoms with Gasteiger partial charge in [-0.3, -0.25) is 4.79 Å². The van der Waals surface area contributed by atoms with E-state index < -0.39 is 14.6 Å². The topological polar surface area (TPSA) is 67.0 Å². The maximum atomic E-state index is 10.8. The Kier molecular flexibility index (Phi) is 2.79. The molecule has 1 N–H and O–H groups in total. The van der Waals surface area contributed by atoms with E-state index in [4.69, 9.17) is 10.7 Å². The third kappa shape index (κ3) is 2.46. The van der Waals surface area contributed by atoms with Crippen molar-refractivity contribution in [1.29, 1.82) is 0 Å². The number of rotatable bonds is 1. The first-order chi connectivity index (χ1) is 5.39. The third-order valence-electron chi connectivity index (χ3n) is 1.05. The van der Waals surface area contributed by atoms with Crippen molar-refractivity contribution in [3.8, 4) is 0 Å². The van der Waals surface area contributed by atoms with Crippen LogP contribution in [0.25, 0.3) is 0 Å². The van der Waals surface area contributed by atoms with Gasteiger partial charge in [-0.2, -0.15) is 0 Å². The van der Waals surface area contributed by atoms with E-state index >= 15 is 0 Å². The highest BCUT2D eigenvalue weighted by molar-refractivity contribution is 14.1. The summed E-state index contributed by atoms with van der Waals surface area (Å²) in [5.74, 6) is 0. The van der Waals surface area contributed by atoms with E-state index in [1.54, 1.807) is 0 Å². The largest absolute Gasteiger partial charge is 0.312 e. The van der Waals surface area contributed by atoms with E-state index in [-0.39, 0.29) is 5.03 Å². The zero-order valence-corrected chi connectivity index (χ0v) is 9.27. The summed E-state index contributed by atoms with van der Waals surface area (Å²) >= 11 is 1.83. The molecule has 1 aromatic rings. The first-order valence-corrected chi connectivity index (χ1v) is 6.13. The molecule has 0 saturated heterocycles. The highest BCUT2D eigenvalue weighted by Crippen LogP contribution is 2.12. The molecule has 1 heterocycles. The Labute approximate surface area is 86.5 Å². The van der Waals surface area contributed by atoms with Gasteiger partial charge in [0.2, 0.25) is 5.56 Å². The highest BCUT2D eigenvalue weighted by Gasteiger charge is 2.11. The summed E-state index contributed by atoms with van der Waals surface area (Å²) in [6, 6.07) is 2.55. The van der Waals surface area contributed by atoms with Crippen LogP contribution in [0.4, 0.5) is 0 Å². The summed E-state index contributed by atoms with van der Waals surface area (Å²) in [7, 11) is 1.17. The average Bonchev–Trinajstić information content (AvgIpc) is 1.82. The number of hydrogen-bond donors (Lipinski definition) is 1. The van der Waals surface area contributed by atoms with Gasteiger partial charge in [0.25, 0.3) is 9.05 Å². The lowest BCUT2D eigenvalue weighted by Gasteiger charge is -1.95. The highest BCUT2D eigenvalue weighted by atomic mass is 127. The predicted molar refractivity (Wildman–Crippen MR) is 52.8 cm³/mol. The van der Waals surface area contributed by atoms with Crippen LogP contribution in [0.5, 0.6) is 0 Å². The first-order valence-electron chi connectivity index (χ1n) is 2.74. The molecule has 0 unspecified atom stereocenters. The summed E-state index contributed by atoms with van der Waals surface area (Å²) in [5.41, 5.74) is -0.485. The minimum Gasteiger partial charge on any atom is -0.312 e. The van der Waals surface area contributed by atoms with E-state index in [1.807, 2.05) is 22.6 Å². The van der Waals surface area contributed by atoms with Gasteiger partial charge in [-0.15, -0.1) is 0 Å². The minimum absolute atomic E-state index is 0.277. The van der Waals surface area contributed by atoms with E-state index in [0.29, 0.717) is 3.57 Å². The van der Waals surface area contributed by atoms with Gasteiger partial charge in [0.05, 0.1) is 0 Å². The van der Waals surface area contributed by atoms with Crippen molar-refractivity contribution in [3.63, 3.8) is 0 Å². The number of H-pyrrole nitrogens is 1. The number of aromatic amines is 1. The standard InChI is InChI=1S/C5H3ClINO3S/c6-12(10,11)5-2-3(7)1-4(9)8-5/h1-2H,(H,8,9). The van der Waals surface area contributed by atoms with Crippen LogP contribution in [-0.2, 0) is 9.05 Å². The molecule has 1 aromatic heterocycles. The van der Waals surface area contributed by atoms with Crippen molar-refractivity contribution in [2.45, 2.75) is 5.03 Å². The molecule has 0 fully saturated rings. The zero-order valence-electron chi connectivity index (χ0n) is 5.54. The Hall–Kier alpha value is -0.0800. The van der Waals surface area contributed by atoms with Crippen LogP contribution >= 0.6 is 33.3 Å². The molecule has 12 heavy (non-hydrogen) atoms. The fourth-order valence-electron chi connectivity index (χ4n) is 0.617. The first kappa shape index (κ1) is 10.0. The molecule has 0 aromatic carbocycles. The number of pyridine rings is 1. The van der Waals surface area contributed by atoms with Crippen LogP contribution in [0.3, 0.4) is 0 Å². The molecule has 0 atom stereocenters. The van der Waals surface area contributed by atoms with Gasteiger partial charge in [-0.25, -0.2) is 8.42 Å². The zero-order chi connectivity index (χ0) is 9.35. The molecule has 0 radical (unpaired) electrons. The van der Waals surface area contributed by atoms with Gasteiger partial charge in [-0.05, 0) is 28.7 Å². The fourth-order valence-corrected chi connectivity index (χ4v) is 2.16. The van der Waals surface area contributed by atoms with Crippen LogP contribution in [0.2, 0.25) is 0 Å². The van der Waals surface area contributed by atoms with E-state index in [1.165, 1.54) is 12.1 Å². The molecule has 0 bridgehead atoms. The van der Waals surface area contributed by atoms with Crippen LogP contribution in [0, 0.1) is 3.57 Å². The molecule has 0 saturated carbocycles. The molecule has 0 aliphatic carbocycles. The molecule has 0 aliphatic rings. The smallest absolute Gasteiger partial charge is 0.276 e. The van der Waals surface area contributed by atoms with Crippen molar-refractivity contribution in [2.24, 2.45) is 0 Å². The lowest BCUT2D eigenvalue weighted by Crippen LogP contribution is -2.09. The van der Waals surface area contributed by atoms with Gasteiger partial charge in [0.15, 0.2) is 5.03 Å². The predicted octanol–water partition coefficient (Wildman–Crippen LogP) is 0.907. The van der Waals surface area contributed by atoms with Crippen LogP contribution in [-0.4, -0.2) is 13.4 Å². The van der Waals surface area contributed by atoms with E-state index in [9.17, 15) is 13.2 Å². The number of nitrogens with one attached hydrogen (secondary N) is 1. The number of hydrogen-bond acceptors (Lipinski definition) is 3. The molecule has 0 amide bonds. The van der Waals surface area contributed by atoms with Crippen molar-refractivity contribution >= 4 is 42.3 Å². The third-order valence-corrected chi connectivity index (χ3v) is 2.91. The Morgan fingerprint density at radius 2 is 2.00 bits per heavy atom. The normalized spacial score (nSPS) is 11.5. The Morgan fingerprint density at radius 3 is 2.42 bits per heavy atom. The van der Waals surface area contributed by atoms with Crippen molar-refractivity contribution in [2.75, 3.05) is 0 Å². The summed E-state index contributed by atoms with van der Waals surface area (Å²) in [4.78, 5) is 12.9. The molecule has 4 nitrogen and oxygen atoms in total. The molecule has 7 heteroatoms. The van der Waals surface area contributed by atoms with Crippen LogP contribution < -0.4 is 5.56 Å². The van der Waals surface area contributed by atoms with Gasteiger partial charge in [-0.1, -0.05) is 0 Å². The Morgan fingerprint density at radius 1 is 1.42 bits per heavy atom. The quantitative estimate of drug-likeness (QED) is 0.618. The summed E-state index contributed by atoms with van der Waals surface area (Å²) in [6.45, 7) is 0. The molecule has 0 aliphatic heterocycles. The molecule has 1 rings (SSSR count). The molecule has 66 valence electrons. The summed E-state index contributed by atoms with van der Waals surface area (Å²) < 4.78 is 22.0. The Balaban J connectivity index is 3.48. The van der Waals surface area contributed by atoms with E-state index in [2.05, 4.69) is 4.98 Å². The second kappa shape index (κ2) is 3.35. The van der Waals surface area contributed by atoms with Gasteiger partial charge < -0.3 is 4.98 Å². The van der Waals surface area contributed by atoms with Crippen LogP contribution in [0.1, 0.15) is 0 Å².